The fourth-order valence-electron chi connectivity index (χ4n) is 2.33. The molecule has 0 atom stereocenters. The molecule has 25 heavy (non-hydrogen) atoms. The molecule has 0 fully saturated rings. The maximum atomic E-state index is 13.2. The van der Waals surface area contributed by atoms with Crippen molar-refractivity contribution < 1.29 is 23.1 Å². The normalized spacial score (nSPS) is 10.5. The molecule has 0 aliphatic carbocycles. The van der Waals surface area contributed by atoms with E-state index in [0.29, 0.717) is 21.9 Å². The van der Waals surface area contributed by atoms with Gasteiger partial charge in [-0.15, -0.1) is 0 Å². The van der Waals surface area contributed by atoms with Gasteiger partial charge in [-0.05, 0) is 48.9 Å². The van der Waals surface area contributed by atoms with E-state index in [1.807, 2.05) is 6.07 Å². The first kappa shape index (κ1) is 17.0. The molecule has 0 aliphatic heterocycles. The first-order valence-electron chi connectivity index (χ1n) is 7.57. The third-order valence-corrected chi connectivity index (χ3v) is 3.63. The van der Waals surface area contributed by atoms with Gasteiger partial charge in [0, 0.05) is 22.2 Å². The van der Waals surface area contributed by atoms with Gasteiger partial charge in [0.1, 0.15) is 11.6 Å². The third kappa shape index (κ3) is 4.00. The third-order valence-electron chi connectivity index (χ3n) is 3.40. The van der Waals surface area contributed by atoms with Crippen LogP contribution in [-0.2, 0) is 4.74 Å². The summed E-state index contributed by atoms with van der Waals surface area (Å²) in [6.07, 6.45) is -0.862. The van der Waals surface area contributed by atoms with E-state index < -0.39 is 6.16 Å². The van der Waals surface area contributed by atoms with Crippen molar-refractivity contribution in [3.8, 4) is 28.4 Å². The summed E-state index contributed by atoms with van der Waals surface area (Å²) in [4.78, 5) is 11.5. The van der Waals surface area contributed by atoms with Gasteiger partial charge in [-0.25, -0.2) is 9.18 Å². The predicted octanol–water partition coefficient (Wildman–Crippen LogP) is 5.94. The lowest BCUT2D eigenvalue weighted by atomic mass is 10.0. The van der Waals surface area contributed by atoms with Crippen molar-refractivity contribution in [3.63, 3.8) is 0 Å². The first-order chi connectivity index (χ1) is 12.1. The molecule has 0 bridgehead atoms. The highest BCUT2D eigenvalue weighted by Gasteiger charge is 2.18. The minimum atomic E-state index is -0.862. The van der Waals surface area contributed by atoms with Gasteiger partial charge < -0.3 is 13.9 Å². The van der Waals surface area contributed by atoms with E-state index in [9.17, 15) is 9.18 Å². The van der Waals surface area contributed by atoms with Gasteiger partial charge in [-0.1, -0.05) is 23.7 Å². The van der Waals surface area contributed by atoms with Crippen molar-refractivity contribution >= 4 is 17.8 Å². The fraction of sp³-hybridized carbons (Fsp3) is 0.105. The van der Waals surface area contributed by atoms with Crippen molar-refractivity contribution in [2.75, 3.05) is 6.61 Å². The molecule has 0 unspecified atom stereocenters. The molecule has 1 heterocycles. The van der Waals surface area contributed by atoms with Crippen molar-refractivity contribution in [2.45, 2.75) is 6.92 Å². The summed E-state index contributed by atoms with van der Waals surface area (Å²) in [5, 5.41) is 0.552. The van der Waals surface area contributed by atoms with Gasteiger partial charge in [-0.3, -0.25) is 0 Å². The zero-order chi connectivity index (χ0) is 17.8. The molecular weight excluding hydrogens is 347 g/mol. The van der Waals surface area contributed by atoms with Crippen LogP contribution in [0.15, 0.2) is 59.0 Å². The number of ether oxygens (including phenoxy) is 2. The average molecular weight is 361 g/mol. The zero-order valence-corrected chi connectivity index (χ0v) is 14.0. The van der Waals surface area contributed by atoms with Gasteiger partial charge in [0.2, 0.25) is 0 Å². The number of carbonyl (C=O) groups excluding carboxylic acids is 1. The van der Waals surface area contributed by atoms with Crippen LogP contribution in [0.5, 0.6) is 5.95 Å². The van der Waals surface area contributed by atoms with Gasteiger partial charge >= 0.3 is 6.16 Å². The Morgan fingerprint density at radius 3 is 2.56 bits per heavy atom. The molecule has 0 saturated carbocycles. The van der Waals surface area contributed by atoms with E-state index in [4.69, 9.17) is 25.5 Å². The van der Waals surface area contributed by atoms with Crippen LogP contribution in [0.1, 0.15) is 6.92 Å². The van der Waals surface area contributed by atoms with E-state index in [2.05, 4.69) is 0 Å². The first-order valence-corrected chi connectivity index (χ1v) is 7.95. The topological polar surface area (TPSA) is 48.7 Å². The second-order valence-corrected chi connectivity index (χ2v) is 5.55. The number of carbonyl (C=O) groups is 1. The van der Waals surface area contributed by atoms with Crippen molar-refractivity contribution in [1.29, 1.82) is 0 Å². The molecule has 6 heteroatoms. The number of furan rings is 1. The summed E-state index contributed by atoms with van der Waals surface area (Å²) in [7, 11) is 0. The molecule has 0 aliphatic rings. The molecule has 0 N–H and O–H groups in total. The van der Waals surface area contributed by atoms with Crippen LogP contribution in [-0.4, -0.2) is 12.8 Å². The van der Waals surface area contributed by atoms with Gasteiger partial charge in [0.05, 0.1) is 6.61 Å². The van der Waals surface area contributed by atoms with Crippen molar-refractivity contribution in [2.24, 2.45) is 0 Å². The second-order valence-electron chi connectivity index (χ2n) is 5.11. The van der Waals surface area contributed by atoms with E-state index in [0.717, 1.165) is 5.56 Å². The number of benzene rings is 2. The quantitative estimate of drug-likeness (QED) is 0.540. The molecule has 0 saturated heterocycles. The maximum Gasteiger partial charge on any atom is 0.516 e. The van der Waals surface area contributed by atoms with E-state index in [-0.39, 0.29) is 18.4 Å². The van der Waals surface area contributed by atoms with Crippen molar-refractivity contribution in [1.82, 2.24) is 0 Å². The minimum absolute atomic E-state index is 0.0206. The lowest BCUT2D eigenvalue weighted by Gasteiger charge is -2.03. The Morgan fingerprint density at radius 2 is 1.88 bits per heavy atom. The molecule has 1 aromatic heterocycles. The zero-order valence-electron chi connectivity index (χ0n) is 13.3. The molecule has 0 radical (unpaired) electrons. The summed E-state index contributed by atoms with van der Waals surface area (Å²) >= 11 is 6.06. The minimum Gasteiger partial charge on any atom is -0.434 e. The number of halogens is 2. The molecule has 0 amide bonds. The summed E-state index contributed by atoms with van der Waals surface area (Å²) in [6.45, 7) is 1.86. The number of hydrogen-bond acceptors (Lipinski definition) is 4. The summed E-state index contributed by atoms with van der Waals surface area (Å²) in [5.41, 5.74) is 2.07. The van der Waals surface area contributed by atoms with Crippen molar-refractivity contribution in [3.05, 3.63) is 65.4 Å². The van der Waals surface area contributed by atoms with Crippen LogP contribution in [0, 0.1) is 5.82 Å². The number of rotatable bonds is 4. The standard InChI is InChI=1S/C19H14ClFO4/c1-2-23-19(22)25-17-11-16(13-4-3-5-14(20)10-13)18(24-17)12-6-8-15(21)9-7-12/h3-11H,2H2,1H3. The van der Waals surface area contributed by atoms with Crippen LogP contribution in [0.4, 0.5) is 9.18 Å². The highest BCUT2D eigenvalue weighted by molar-refractivity contribution is 6.30. The second kappa shape index (κ2) is 7.40. The fourth-order valence-corrected chi connectivity index (χ4v) is 2.52. The Bertz CT molecular complexity index is 887. The van der Waals surface area contributed by atoms with E-state index in [1.165, 1.54) is 12.1 Å². The lowest BCUT2D eigenvalue weighted by molar-refractivity contribution is 0.0952. The monoisotopic (exact) mass is 360 g/mol. The van der Waals surface area contributed by atoms with Crippen LogP contribution in [0.3, 0.4) is 0 Å². The molecule has 128 valence electrons. The molecule has 0 spiro atoms. The Morgan fingerprint density at radius 1 is 1.12 bits per heavy atom. The molecule has 3 rings (SSSR count). The smallest absolute Gasteiger partial charge is 0.434 e. The van der Waals surface area contributed by atoms with E-state index in [1.54, 1.807) is 43.3 Å². The highest BCUT2D eigenvalue weighted by atomic mass is 35.5. The largest absolute Gasteiger partial charge is 0.516 e. The molecular formula is C19H14ClFO4. The Balaban J connectivity index is 2.06. The van der Waals surface area contributed by atoms with Gasteiger partial charge in [0.25, 0.3) is 5.95 Å². The molecule has 3 aromatic rings. The maximum absolute atomic E-state index is 13.2. The Hall–Kier alpha value is -2.79. The van der Waals surface area contributed by atoms with Crippen LogP contribution in [0.2, 0.25) is 5.02 Å². The SMILES string of the molecule is CCOC(=O)Oc1cc(-c2cccc(Cl)c2)c(-c2ccc(F)cc2)o1. The van der Waals surface area contributed by atoms with Gasteiger partial charge in [-0.2, -0.15) is 0 Å². The van der Waals surface area contributed by atoms with Crippen LogP contribution < -0.4 is 4.74 Å². The van der Waals surface area contributed by atoms with Crippen LogP contribution >= 0.6 is 11.6 Å². The highest BCUT2D eigenvalue weighted by Crippen LogP contribution is 2.39. The van der Waals surface area contributed by atoms with Gasteiger partial charge in [0.15, 0.2) is 0 Å². The van der Waals surface area contributed by atoms with Crippen LogP contribution in [0.25, 0.3) is 22.5 Å². The molecule has 4 nitrogen and oxygen atoms in total. The summed E-state index contributed by atoms with van der Waals surface area (Å²) in [5.74, 6) is 0.0527. The predicted molar refractivity (Wildman–Crippen MR) is 92.2 cm³/mol. The summed E-state index contributed by atoms with van der Waals surface area (Å²) in [6, 6.07) is 14.5. The Labute approximate surface area is 148 Å². The number of hydrogen-bond donors (Lipinski definition) is 0. The average Bonchev–Trinajstić information content (AvgIpc) is 2.99. The molecule has 2 aromatic carbocycles. The van der Waals surface area contributed by atoms with E-state index >= 15 is 0 Å². The Kier molecular flexibility index (Phi) is 5.05. The summed E-state index contributed by atoms with van der Waals surface area (Å²) < 4.78 is 28.7. The lowest BCUT2D eigenvalue weighted by Crippen LogP contribution is -2.09.